The molecule has 108 valence electrons. The molecule has 4 heteroatoms. The zero-order valence-electron chi connectivity index (χ0n) is 11.7. The molecular weight excluding hydrogens is 316 g/mol. The van der Waals surface area contributed by atoms with E-state index in [0.29, 0.717) is 11.8 Å². The maximum atomic E-state index is 12.5. The van der Waals surface area contributed by atoms with Gasteiger partial charge >= 0.3 is 0 Å². The molecule has 0 spiro atoms. The number of benzene rings is 1. The Morgan fingerprint density at radius 3 is 2.70 bits per heavy atom. The van der Waals surface area contributed by atoms with Crippen molar-refractivity contribution in [2.45, 2.75) is 38.3 Å². The maximum Gasteiger partial charge on any atom is 0.225 e. The van der Waals surface area contributed by atoms with Crippen LogP contribution in [0.5, 0.6) is 0 Å². The highest BCUT2D eigenvalue weighted by molar-refractivity contribution is 9.10. The molecule has 2 fully saturated rings. The number of nitrogens with one attached hydrogen (secondary N) is 1. The third kappa shape index (κ3) is 2.40. The van der Waals surface area contributed by atoms with E-state index in [0.717, 1.165) is 16.5 Å². The van der Waals surface area contributed by atoms with Crippen LogP contribution < -0.4 is 11.1 Å². The molecule has 4 unspecified atom stereocenters. The van der Waals surface area contributed by atoms with Gasteiger partial charge in [-0.25, -0.2) is 0 Å². The number of nitrogens with two attached hydrogens (primary N) is 1. The second-order valence-corrected chi connectivity index (χ2v) is 7.04. The standard InChI is InChI=1S/C16H21BrN2O/c1-9(12-4-2-3-5-13(12)17)19-16(20)14-10-6-7-11(8-10)15(14)18/h2-5,9-11,14-15H,6-8,18H2,1H3,(H,19,20)/t9-,10?,11?,14?,15?/m1/s1. The summed E-state index contributed by atoms with van der Waals surface area (Å²) in [5.74, 6) is 1.21. The van der Waals surface area contributed by atoms with Crippen molar-refractivity contribution >= 4 is 21.8 Å². The van der Waals surface area contributed by atoms with Gasteiger partial charge in [-0.3, -0.25) is 4.79 Å². The Balaban J connectivity index is 1.69. The number of carbonyl (C=O) groups is 1. The fourth-order valence-electron chi connectivity index (χ4n) is 3.94. The lowest BCUT2D eigenvalue weighted by molar-refractivity contribution is -0.127. The molecule has 0 aliphatic heterocycles. The fourth-order valence-corrected chi connectivity index (χ4v) is 4.57. The first-order valence-corrected chi connectivity index (χ1v) is 8.17. The lowest BCUT2D eigenvalue weighted by atomic mass is 9.84. The van der Waals surface area contributed by atoms with E-state index in [1.165, 1.54) is 12.8 Å². The van der Waals surface area contributed by atoms with Crippen LogP contribution in [0.4, 0.5) is 0 Å². The van der Waals surface area contributed by atoms with Gasteiger partial charge in [-0.1, -0.05) is 34.1 Å². The Kier molecular flexibility index (Phi) is 3.87. The number of carbonyl (C=O) groups excluding carboxylic acids is 1. The average molecular weight is 337 g/mol. The van der Waals surface area contributed by atoms with Crippen LogP contribution in [0.1, 0.15) is 37.8 Å². The van der Waals surface area contributed by atoms with E-state index in [2.05, 4.69) is 21.2 Å². The molecule has 2 bridgehead atoms. The first-order valence-electron chi connectivity index (χ1n) is 7.38. The molecule has 0 radical (unpaired) electrons. The highest BCUT2D eigenvalue weighted by atomic mass is 79.9. The largest absolute Gasteiger partial charge is 0.349 e. The van der Waals surface area contributed by atoms with E-state index in [1.54, 1.807) is 0 Å². The summed E-state index contributed by atoms with van der Waals surface area (Å²) in [5.41, 5.74) is 7.35. The summed E-state index contributed by atoms with van der Waals surface area (Å²) in [6.45, 7) is 2.02. The molecule has 20 heavy (non-hydrogen) atoms. The fraction of sp³-hybridized carbons (Fsp3) is 0.562. The summed E-state index contributed by atoms with van der Waals surface area (Å²) in [5, 5.41) is 3.15. The number of hydrogen-bond donors (Lipinski definition) is 2. The Bertz CT molecular complexity index is 517. The third-order valence-electron chi connectivity index (χ3n) is 5.01. The van der Waals surface area contributed by atoms with Crippen molar-refractivity contribution < 1.29 is 4.79 Å². The molecule has 1 aromatic rings. The van der Waals surface area contributed by atoms with E-state index in [1.807, 2.05) is 31.2 Å². The van der Waals surface area contributed by atoms with Gasteiger partial charge in [0.05, 0.1) is 12.0 Å². The van der Waals surface area contributed by atoms with Gasteiger partial charge in [0.1, 0.15) is 0 Å². The normalized spacial score (nSPS) is 33.1. The minimum absolute atomic E-state index is 0.00408. The van der Waals surface area contributed by atoms with Crippen LogP contribution in [-0.4, -0.2) is 11.9 Å². The van der Waals surface area contributed by atoms with E-state index in [-0.39, 0.29) is 23.9 Å². The average Bonchev–Trinajstić information content (AvgIpc) is 2.99. The van der Waals surface area contributed by atoms with Gasteiger partial charge in [0.15, 0.2) is 0 Å². The monoisotopic (exact) mass is 336 g/mol. The second-order valence-electron chi connectivity index (χ2n) is 6.19. The van der Waals surface area contributed by atoms with Crippen molar-refractivity contribution in [3.63, 3.8) is 0 Å². The van der Waals surface area contributed by atoms with Gasteiger partial charge in [-0.05, 0) is 49.7 Å². The lowest BCUT2D eigenvalue weighted by Gasteiger charge is -2.28. The Labute approximate surface area is 128 Å². The van der Waals surface area contributed by atoms with Crippen LogP contribution in [0, 0.1) is 17.8 Å². The van der Waals surface area contributed by atoms with Crippen LogP contribution in [0.25, 0.3) is 0 Å². The van der Waals surface area contributed by atoms with Gasteiger partial charge in [0.25, 0.3) is 0 Å². The molecule has 5 atom stereocenters. The number of fused-ring (bicyclic) bond motifs is 2. The molecule has 1 aromatic carbocycles. The lowest BCUT2D eigenvalue weighted by Crippen LogP contribution is -2.45. The topological polar surface area (TPSA) is 55.1 Å². The SMILES string of the molecule is C[C@@H](NC(=O)C1C2CCC(C2)C1N)c1ccccc1Br. The first kappa shape index (κ1) is 14.1. The van der Waals surface area contributed by atoms with Crippen molar-refractivity contribution in [2.75, 3.05) is 0 Å². The van der Waals surface area contributed by atoms with Crippen LogP contribution in [0.3, 0.4) is 0 Å². The third-order valence-corrected chi connectivity index (χ3v) is 5.74. The summed E-state index contributed by atoms with van der Waals surface area (Å²) in [6.07, 6.45) is 3.51. The predicted molar refractivity (Wildman–Crippen MR) is 83.0 cm³/mol. The smallest absolute Gasteiger partial charge is 0.225 e. The molecular formula is C16H21BrN2O. The predicted octanol–water partition coefficient (Wildman–Crippen LogP) is 3.00. The number of hydrogen-bond acceptors (Lipinski definition) is 2. The second kappa shape index (κ2) is 5.49. The van der Waals surface area contributed by atoms with Crippen LogP contribution >= 0.6 is 15.9 Å². The number of rotatable bonds is 3. The van der Waals surface area contributed by atoms with Gasteiger partial charge < -0.3 is 11.1 Å². The van der Waals surface area contributed by atoms with Crippen molar-refractivity contribution in [1.29, 1.82) is 0 Å². The van der Waals surface area contributed by atoms with Gasteiger partial charge in [-0.15, -0.1) is 0 Å². The van der Waals surface area contributed by atoms with E-state index >= 15 is 0 Å². The molecule has 0 saturated heterocycles. The Morgan fingerprint density at radius 1 is 1.35 bits per heavy atom. The highest BCUT2D eigenvalue weighted by Gasteiger charge is 2.49. The molecule has 2 aliphatic rings. The minimum atomic E-state index is 0.00408. The molecule has 3 nitrogen and oxygen atoms in total. The van der Waals surface area contributed by atoms with Crippen molar-refractivity contribution in [1.82, 2.24) is 5.32 Å². The number of halogens is 1. The van der Waals surface area contributed by atoms with Crippen molar-refractivity contribution in [3.8, 4) is 0 Å². The zero-order chi connectivity index (χ0) is 14.3. The summed E-state index contributed by atoms with van der Waals surface area (Å²) < 4.78 is 1.03. The first-order chi connectivity index (χ1) is 9.58. The molecule has 3 N–H and O–H groups in total. The minimum Gasteiger partial charge on any atom is -0.349 e. The molecule has 1 amide bonds. The summed E-state index contributed by atoms with van der Waals surface area (Å²) in [6, 6.07) is 8.07. The van der Waals surface area contributed by atoms with E-state index in [4.69, 9.17) is 5.73 Å². The Morgan fingerprint density at radius 2 is 2.05 bits per heavy atom. The van der Waals surface area contributed by atoms with Crippen LogP contribution in [0.15, 0.2) is 28.7 Å². The molecule has 0 heterocycles. The Hall–Kier alpha value is -0.870. The summed E-state index contributed by atoms with van der Waals surface area (Å²) in [7, 11) is 0. The van der Waals surface area contributed by atoms with Crippen molar-refractivity contribution in [3.05, 3.63) is 34.3 Å². The van der Waals surface area contributed by atoms with Crippen LogP contribution in [-0.2, 0) is 4.79 Å². The summed E-state index contributed by atoms with van der Waals surface area (Å²) in [4.78, 5) is 12.5. The van der Waals surface area contributed by atoms with Crippen LogP contribution in [0.2, 0.25) is 0 Å². The van der Waals surface area contributed by atoms with E-state index in [9.17, 15) is 4.79 Å². The maximum absolute atomic E-state index is 12.5. The number of amides is 1. The van der Waals surface area contributed by atoms with E-state index < -0.39 is 0 Å². The van der Waals surface area contributed by atoms with Gasteiger partial charge in [-0.2, -0.15) is 0 Å². The molecule has 2 aliphatic carbocycles. The van der Waals surface area contributed by atoms with Gasteiger partial charge in [0.2, 0.25) is 5.91 Å². The molecule has 2 saturated carbocycles. The van der Waals surface area contributed by atoms with Crippen molar-refractivity contribution in [2.24, 2.45) is 23.5 Å². The highest BCUT2D eigenvalue weighted by Crippen LogP contribution is 2.47. The van der Waals surface area contributed by atoms with Gasteiger partial charge in [0, 0.05) is 10.5 Å². The quantitative estimate of drug-likeness (QED) is 0.891. The molecule has 3 rings (SSSR count). The zero-order valence-corrected chi connectivity index (χ0v) is 13.3. The molecule has 0 aromatic heterocycles. The summed E-state index contributed by atoms with van der Waals surface area (Å²) >= 11 is 3.54.